The van der Waals surface area contributed by atoms with Gasteiger partial charge in [0.05, 0.1) is 10.5 Å². The first-order valence-corrected chi connectivity index (χ1v) is 12.0. The van der Waals surface area contributed by atoms with Crippen molar-refractivity contribution < 1.29 is 9.32 Å². The molecule has 5 rings (SSSR count). The van der Waals surface area contributed by atoms with E-state index >= 15 is 0 Å². The average molecular weight is 457 g/mol. The lowest BCUT2D eigenvalue weighted by atomic mass is 9.89. The van der Waals surface area contributed by atoms with Gasteiger partial charge in [-0.15, -0.1) is 0 Å². The Morgan fingerprint density at radius 3 is 2.94 bits per heavy atom. The second-order valence-electron chi connectivity index (χ2n) is 9.21. The highest BCUT2D eigenvalue weighted by Gasteiger charge is 2.29. The molecular weight excluding hydrogens is 428 g/mol. The van der Waals surface area contributed by atoms with Gasteiger partial charge in [0.1, 0.15) is 16.7 Å². The van der Waals surface area contributed by atoms with Gasteiger partial charge in [-0.2, -0.15) is 0 Å². The Bertz CT molecular complexity index is 1210. The molecule has 170 valence electrons. The van der Waals surface area contributed by atoms with Crippen LogP contribution in [0.3, 0.4) is 0 Å². The molecule has 2 fully saturated rings. The number of rotatable bonds is 4. The number of fused-ring (bicyclic) bond motifs is 3. The summed E-state index contributed by atoms with van der Waals surface area (Å²) in [6.45, 7) is 2.75. The van der Waals surface area contributed by atoms with E-state index in [9.17, 15) is 9.59 Å². The molecule has 3 atom stereocenters. The maximum absolute atomic E-state index is 13.6. The standard InChI is InChI=1S/C24H29ClN4O3/c1-14-21-23(28-32-14)22-18(25)9-5-10-19(22)29(24(21)31)17-8-4-7-16(12-17)27-20(30)13-15-6-2-3-11-26-15/h5,9-10,15-17,26H,2-4,6-8,11-13H2,1H3,(H,27,30)/t15?,16-,17+/m1/s1. The van der Waals surface area contributed by atoms with Crippen LogP contribution in [0, 0.1) is 6.92 Å². The number of halogens is 1. The molecule has 2 N–H and O–H groups in total. The number of carbonyl (C=O) groups excluding carboxylic acids is 1. The third kappa shape index (κ3) is 3.92. The van der Waals surface area contributed by atoms with Gasteiger partial charge in [0.15, 0.2) is 0 Å². The largest absolute Gasteiger partial charge is 0.360 e. The molecule has 1 aliphatic carbocycles. The number of pyridine rings is 1. The number of nitrogens with one attached hydrogen (secondary N) is 2. The van der Waals surface area contributed by atoms with E-state index in [4.69, 9.17) is 16.1 Å². The highest BCUT2D eigenvalue weighted by Crippen LogP contribution is 2.35. The van der Waals surface area contributed by atoms with Gasteiger partial charge in [-0.05, 0) is 64.1 Å². The Morgan fingerprint density at radius 1 is 1.25 bits per heavy atom. The van der Waals surface area contributed by atoms with Gasteiger partial charge in [-0.25, -0.2) is 0 Å². The Balaban J connectivity index is 1.44. The fourth-order valence-corrected chi connectivity index (χ4v) is 5.73. The molecular formula is C24H29ClN4O3. The molecule has 0 bridgehead atoms. The van der Waals surface area contributed by atoms with Gasteiger partial charge in [0, 0.05) is 29.9 Å². The maximum Gasteiger partial charge on any atom is 0.264 e. The summed E-state index contributed by atoms with van der Waals surface area (Å²) in [6, 6.07) is 5.91. The summed E-state index contributed by atoms with van der Waals surface area (Å²) in [7, 11) is 0. The fraction of sp³-hybridized carbons (Fsp3) is 0.542. The minimum absolute atomic E-state index is 0.0194. The molecule has 1 aliphatic heterocycles. The van der Waals surface area contributed by atoms with Crippen molar-refractivity contribution in [1.29, 1.82) is 0 Å². The smallest absolute Gasteiger partial charge is 0.264 e. The summed E-state index contributed by atoms with van der Waals surface area (Å²) in [5.74, 6) is 0.599. The zero-order chi connectivity index (χ0) is 22.2. The number of aromatic nitrogens is 2. The van der Waals surface area contributed by atoms with Gasteiger partial charge >= 0.3 is 0 Å². The molecule has 0 spiro atoms. The van der Waals surface area contributed by atoms with Crippen LogP contribution < -0.4 is 16.2 Å². The number of hydrogen-bond acceptors (Lipinski definition) is 5. The summed E-state index contributed by atoms with van der Waals surface area (Å²) in [5, 5.41) is 12.6. The first-order valence-electron chi connectivity index (χ1n) is 11.6. The van der Waals surface area contributed by atoms with Crippen LogP contribution in [0.5, 0.6) is 0 Å². The summed E-state index contributed by atoms with van der Waals surface area (Å²) >= 11 is 6.54. The van der Waals surface area contributed by atoms with Crippen LogP contribution in [0.15, 0.2) is 27.5 Å². The van der Waals surface area contributed by atoms with Crippen LogP contribution in [-0.4, -0.2) is 34.3 Å². The number of aryl methyl sites for hydroxylation is 1. The minimum atomic E-state index is -0.100. The van der Waals surface area contributed by atoms with Gasteiger partial charge in [-0.1, -0.05) is 29.2 Å². The van der Waals surface area contributed by atoms with Gasteiger partial charge in [0.25, 0.3) is 5.56 Å². The van der Waals surface area contributed by atoms with E-state index in [0.717, 1.165) is 49.6 Å². The van der Waals surface area contributed by atoms with Crippen LogP contribution >= 0.6 is 11.6 Å². The zero-order valence-corrected chi connectivity index (χ0v) is 19.1. The van der Waals surface area contributed by atoms with E-state index in [-0.39, 0.29) is 29.6 Å². The monoisotopic (exact) mass is 456 g/mol. The number of benzene rings is 1. The summed E-state index contributed by atoms with van der Waals surface area (Å²) in [5.41, 5.74) is 1.19. The SMILES string of the molecule is Cc1onc2c1c(=O)n([C@H]1CCC[C@@H](NC(=O)CC3CCCCN3)C1)c1cccc(Cl)c21. The first kappa shape index (κ1) is 21.5. The molecule has 32 heavy (non-hydrogen) atoms. The van der Waals surface area contributed by atoms with E-state index in [0.29, 0.717) is 28.1 Å². The van der Waals surface area contributed by atoms with E-state index < -0.39 is 0 Å². The molecule has 7 nitrogen and oxygen atoms in total. The van der Waals surface area contributed by atoms with Crippen molar-refractivity contribution in [2.75, 3.05) is 6.54 Å². The van der Waals surface area contributed by atoms with E-state index in [1.807, 2.05) is 22.8 Å². The summed E-state index contributed by atoms with van der Waals surface area (Å²) in [6.07, 6.45) is 7.43. The van der Waals surface area contributed by atoms with Crippen molar-refractivity contribution in [1.82, 2.24) is 20.4 Å². The molecule has 1 saturated heterocycles. The second kappa shape index (κ2) is 8.87. The topological polar surface area (TPSA) is 89.2 Å². The van der Waals surface area contributed by atoms with E-state index in [1.165, 1.54) is 12.8 Å². The molecule has 2 aliphatic rings. The number of hydrogen-bond donors (Lipinski definition) is 2. The predicted molar refractivity (Wildman–Crippen MR) is 125 cm³/mol. The van der Waals surface area contributed by atoms with E-state index in [1.54, 1.807) is 6.92 Å². The third-order valence-electron chi connectivity index (χ3n) is 7.00. The highest BCUT2D eigenvalue weighted by molar-refractivity contribution is 6.37. The third-order valence-corrected chi connectivity index (χ3v) is 7.32. The lowest BCUT2D eigenvalue weighted by molar-refractivity contribution is -0.122. The normalized spacial score (nSPS) is 24.1. The molecule has 8 heteroatoms. The predicted octanol–water partition coefficient (Wildman–Crippen LogP) is 4.24. The van der Waals surface area contributed by atoms with Gasteiger partial charge in [-0.3, -0.25) is 9.59 Å². The minimum Gasteiger partial charge on any atom is -0.360 e. The molecule has 3 heterocycles. The number of amides is 1. The van der Waals surface area contributed by atoms with Crippen LogP contribution in [0.25, 0.3) is 21.8 Å². The van der Waals surface area contributed by atoms with Crippen LogP contribution in [0.4, 0.5) is 0 Å². The van der Waals surface area contributed by atoms with Crippen molar-refractivity contribution in [3.05, 3.63) is 39.3 Å². The average Bonchev–Trinajstić information content (AvgIpc) is 3.16. The van der Waals surface area contributed by atoms with Crippen LogP contribution in [-0.2, 0) is 4.79 Å². The summed E-state index contributed by atoms with van der Waals surface area (Å²) in [4.78, 5) is 26.2. The van der Waals surface area contributed by atoms with Gasteiger partial charge in [0.2, 0.25) is 5.91 Å². The van der Waals surface area contributed by atoms with Crippen LogP contribution in [0.2, 0.25) is 5.02 Å². The van der Waals surface area contributed by atoms with Crippen molar-refractivity contribution in [3.63, 3.8) is 0 Å². The van der Waals surface area contributed by atoms with Gasteiger partial charge < -0.3 is 19.7 Å². The molecule has 0 radical (unpaired) electrons. The molecule has 3 aromatic rings. The maximum atomic E-state index is 13.6. The molecule has 1 aromatic carbocycles. The number of nitrogens with zero attached hydrogens (tertiary/aromatic N) is 2. The lowest BCUT2D eigenvalue weighted by Gasteiger charge is -2.32. The van der Waals surface area contributed by atoms with Crippen molar-refractivity contribution in [2.24, 2.45) is 0 Å². The highest BCUT2D eigenvalue weighted by atomic mass is 35.5. The molecule has 1 unspecified atom stereocenters. The Hall–Kier alpha value is -2.38. The second-order valence-corrected chi connectivity index (χ2v) is 9.61. The number of piperidine rings is 1. The first-order chi connectivity index (χ1) is 15.5. The quantitative estimate of drug-likeness (QED) is 0.613. The molecule has 1 saturated carbocycles. The van der Waals surface area contributed by atoms with E-state index in [2.05, 4.69) is 15.8 Å². The van der Waals surface area contributed by atoms with Crippen molar-refractivity contribution in [3.8, 4) is 0 Å². The Morgan fingerprint density at radius 2 is 2.12 bits per heavy atom. The lowest BCUT2D eigenvalue weighted by Crippen LogP contribution is -2.44. The van der Waals surface area contributed by atoms with Crippen LogP contribution in [0.1, 0.15) is 63.2 Å². The zero-order valence-electron chi connectivity index (χ0n) is 18.3. The molecule has 1 amide bonds. The Kier molecular flexibility index (Phi) is 5.95. The molecule has 2 aromatic heterocycles. The Labute approximate surface area is 191 Å². The number of carbonyl (C=O) groups is 1. The van der Waals surface area contributed by atoms with Crippen molar-refractivity contribution >= 4 is 39.3 Å². The van der Waals surface area contributed by atoms with Crippen molar-refractivity contribution in [2.45, 2.75) is 76.4 Å². The summed E-state index contributed by atoms with van der Waals surface area (Å²) < 4.78 is 7.22. The fourth-order valence-electron chi connectivity index (χ4n) is 5.47.